The van der Waals surface area contributed by atoms with Gasteiger partial charge in [-0.05, 0) is 19.1 Å². The lowest BCUT2D eigenvalue weighted by molar-refractivity contribution is -0.144. The molecule has 1 aliphatic rings. The highest BCUT2D eigenvalue weighted by Crippen LogP contribution is 2.22. The van der Waals surface area contributed by atoms with E-state index in [1.807, 2.05) is 0 Å². The van der Waals surface area contributed by atoms with E-state index in [-0.39, 0.29) is 31.8 Å². The average Bonchev–Trinajstić information content (AvgIpc) is 2.71. The maximum atomic E-state index is 12.0. The Morgan fingerprint density at radius 1 is 1.05 bits per heavy atom. The first-order chi connectivity index (χ1) is 10.0. The number of hydrogen-bond donors (Lipinski definition) is 0. The Balaban J connectivity index is 1.96. The lowest BCUT2D eigenvalue weighted by atomic mass is 10.1. The number of ether oxygens (including phenoxy) is 1. The number of hydrogen-bond acceptors (Lipinski definition) is 5. The van der Waals surface area contributed by atoms with Gasteiger partial charge in [-0.2, -0.15) is 0 Å². The molecule has 0 saturated heterocycles. The summed E-state index contributed by atoms with van der Waals surface area (Å²) in [6.07, 6.45) is -0.0952. The van der Waals surface area contributed by atoms with Crippen molar-refractivity contribution in [3.05, 3.63) is 35.4 Å². The van der Waals surface area contributed by atoms with Crippen molar-refractivity contribution in [2.75, 3.05) is 13.2 Å². The molecule has 0 atom stereocenters. The molecule has 1 aliphatic heterocycles. The van der Waals surface area contributed by atoms with Crippen LogP contribution in [0.4, 0.5) is 0 Å². The van der Waals surface area contributed by atoms with Crippen molar-refractivity contribution >= 4 is 23.6 Å². The number of rotatable bonds is 6. The SMILES string of the molecule is CCOC(=O)CC[13C](=O)C[15N]1C(=O)c2ccccc2C1=O. The van der Waals surface area contributed by atoms with Crippen molar-refractivity contribution in [3.8, 4) is 0 Å². The standard InChI is InChI=1S/C15H15NO5/c1-2-21-13(18)8-7-10(17)9-16-14(19)11-5-3-4-6-12(11)15(16)20/h3-6H,2,7-9H2,1H3/i10+1,16+1. The van der Waals surface area contributed by atoms with Crippen LogP contribution in [0.3, 0.4) is 0 Å². The molecular formula is C15H15NO5. The van der Waals surface area contributed by atoms with Crippen molar-refractivity contribution in [1.29, 1.82) is 0 Å². The van der Waals surface area contributed by atoms with Crippen LogP contribution in [-0.2, 0) is 14.3 Å². The number of Topliss-reactive ketones (excluding diaryl/α,β-unsaturated/α-hetero) is 1. The van der Waals surface area contributed by atoms with Crippen LogP contribution in [0.15, 0.2) is 24.3 Å². The third-order valence-electron chi connectivity index (χ3n) is 3.13. The van der Waals surface area contributed by atoms with Crippen LogP contribution >= 0.6 is 0 Å². The first-order valence-electron chi connectivity index (χ1n) is 6.67. The molecular weight excluding hydrogens is 276 g/mol. The van der Waals surface area contributed by atoms with Crippen molar-refractivity contribution < 1.29 is 23.9 Å². The average molecular weight is 291 g/mol. The van der Waals surface area contributed by atoms with E-state index >= 15 is 0 Å². The zero-order chi connectivity index (χ0) is 15.4. The molecule has 1 aromatic carbocycles. The van der Waals surface area contributed by atoms with Gasteiger partial charge in [0.25, 0.3) is 11.8 Å². The molecule has 0 radical (unpaired) electrons. The van der Waals surface area contributed by atoms with Crippen LogP contribution in [0.1, 0.15) is 40.5 Å². The Kier molecular flexibility index (Phi) is 4.47. The van der Waals surface area contributed by atoms with Gasteiger partial charge in [0, 0.05) is 6.42 Å². The number of imide groups is 1. The van der Waals surface area contributed by atoms with Crippen molar-refractivity contribution in [1.82, 2.24) is 4.90 Å². The number of carbonyl (C=O) groups is 4. The lowest BCUT2D eigenvalue weighted by Gasteiger charge is -2.12. The molecule has 6 heteroatoms. The zero-order valence-electron chi connectivity index (χ0n) is 11.6. The minimum absolute atomic E-state index is 0.0458. The van der Waals surface area contributed by atoms with E-state index in [2.05, 4.69) is 0 Å². The fraction of sp³-hybridized carbons (Fsp3) is 0.333. The van der Waals surface area contributed by atoms with Crippen LogP contribution in [0.25, 0.3) is 0 Å². The molecule has 110 valence electrons. The van der Waals surface area contributed by atoms with E-state index in [0.29, 0.717) is 11.1 Å². The summed E-state index contributed by atoms with van der Waals surface area (Å²) in [7, 11) is 0. The normalized spacial score (nSPS) is 13.3. The second-order valence-electron chi connectivity index (χ2n) is 4.59. The molecule has 0 unspecified atom stereocenters. The maximum absolute atomic E-state index is 12.0. The predicted molar refractivity (Wildman–Crippen MR) is 72.7 cm³/mol. The minimum Gasteiger partial charge on any atom is -0.466 e. The quantitative estimate of drug-likeness (QED) is 0.340. The molecule has 0 aromatic heterocycles. The Hall–Kier alpha value is -2.50. The van der Waals surface area contributed by atoms with Crippen molar-refractivity contribution in [2.45, 2.75) is 19.8 Å². The molecule has 0 aliphatic carbocycles. The Bertz CT molecular complexity index is 573. The van der Waals surface area contributed by atoms with Crippen molar-refractivity contribution in [3.63, 3.8) is 0 Å². The largest absolute Gasteiger partial charge is 0.466 e. The second-order valence-corrected chi connectivity index (χ2v) is 4.59. The topological polar surface area (TPSA) is 80.8 Å². The van der Waals surface area contributed by atoms with Crippen LogP contribution in [0.5, 0.6) is 0 Å². The van der Waals surface area contributed by atoms with E-state index in [1.54, 1.807) is 31.2 Å². The maximum Gasteiger partial charge on any atom is 0.306 e. The van der Waals surface area contributed by atoms with Gasteiger partial charge in [0.1, 0.15) is 0 Å². The van der Waals surface area contributed by atoms with Gasteiger partial charge in [0.2, 0.25) is 0 Å². The molecule has 1 aromatic rings. The van der Waals surface area contributed by atoms with Crippen LogP contribution < -0.4 is 0 Å². The summed E-state index contributed by atoms with van der Waals surface area (Å²) in [5.74, 6) is -1.76. The van der Waals surface area contributed by atoms with Crippen molar-refractivity contribution in [2.24, 2.45) is 0 Å². The minimum atomic E-state index is -0.472. The number of ketones is 1. The summed E-state index contributed by atoms with van der Waals surface area (Å²) in [6, 6.07) is 6.43. The number of benzene rings is 1. The highest BCUT2D eigenvalue weighted by molar-refractivity contribution is 6.22. The molecule has 0 saturated carbocycles. The van der Waals surface area contributed by atoms with E-state index in [0.717, 1.165) is 4.90 Å². The molecule has 1 heterocycles. The Morgan fingerprint density at radius 2 is 1.62 bits per heavy atom. The van der Waals surface area contributed by atoms with Gasteiger partial charge in [-0.15, -0.1) is 0 Å². The summed E-state index contributed by atoms with van der Waals surface area (Å²) in [6.45, 7) is 1.62. The van der Waals surface area contributed by atoms with Gasteiger partial charge in [-0.1, -0.05) is 12.1 Å². The van der Waals surface area contributed by atoms with Crippen LogP contribution in [0, 0.1) is 0 Å². The van der Waals surface area contributed by atoms with Gasteiger partial charge < -0.3 is 4.74 Å². The van der Waals surface area contributed by atoms with E-state index in [1.165, 1.54) is 0 Å². The third kappa shape index (κ3) is 3.16. The van der Waals surface area contributed by atoms with E-state index < -0.39 is 17.8 Å². The predicted octanol–water partition coefficient (Wildman–Crippen LogP) is 1.19. The molecule has 2 amide bonds. The summed E-state index contributed by atoms with van der Waals surface area (Å²) >= 11 is 0. The van der Waals surface area contributed by atoms with E-state index in [9.17, 15) is 19.2 Å². The molecule has 0 spiro atoms. The molecule has 0 bridgehead atoms. The molecule has 21 heavy (non-hydrogen) atoms. The number of esters is 1. The number of amides is 2. The van der Waals surface area contributed by atoms with E-state index in [4.69, 9.17) is 4.74 Å². The monoisotopic (exact) mass is 291 g/mol. The molecule has 0 N–H and O–H groups in total. The van der Waals surface area contributed by atoms with Crippen LogP contribution in [-0.4, -0.2) is 41.6 Å². The number of nitrogens with zero attached hydrogens (tertiary/aromatic N) is 1. The number of fused-ring (bicyclic) bond motifs is 1. The zero-order valence-corrected chi connectivity index (χ0v) is 11.6. The molecule has 6 nitrogen and oxygen atoms in total. The smallest absolute Gasteiger partial charge is 0.306 e. The molecule has 0 fully saturated rings. The summed E-state index contributed by atoms with van der Waals surface area (Å²) in [4.78, 5) is 48.0. The molecule has 2 rings (SSSR count). The summed E-state index contributed by atoms with van der Waals surface area (Å²) < 4.78 is 4.72. The van der Waals surface area contributed by atoms with Gasteiger partial charge >= 0.3 is 5.97 Å². The lowest BCUT2D eigenvalue weighted by Crippen LogP contribution is -2.35. The third-order valence-corrected chi connectivity index (χ3v) is 3.13. The summed E-state index contributed by atoms with van der Waals surface area (Å²) in [5, 5.41) is 0. The number of carbonyl (C=O) groups excluding carboxylic acids is 4. The highest BCUT2D eigenvalue weighted by Gasteiger charge is 2.35. The first-order valence-corrected chi connectivity index (χ1v) is 6.67. The Labute approximate surface area is 121 Å². The van der Waals surface area contributed by atoms with Gasteiger partial charge in [-0.25, -0.2) is 0 Å². The first kappa shape index (κ1) is 14.9. The van der Waals surface area contributed by atoms with Gasteiger partial charge in [0.05, 0.1) is 30.7 Å². The van der Waals surface area contributed by atoms with Crippen LogP contribution in [0.2, 0.25) is 0 Å². The highest BCUT2D eigenvalue weighted by atomic mass is 16.5. The van der Waals surface area contributed by atoms with Gasteiger partial charge in [0.15, 0.2) is 5.78 Å². The Morgan fingerprint density at radius 3 is 2.14 bits per heavy atom. The fourth-order valence-electron chi connectivity index (χ4n) is 2.11. The van der Waals surface area contributed by atoms with Gasteiger partial charge in [-0.3, -0.25) is 24.1 Å². The fourth-order valence-corrected chi connectivity index (χ4v) is 2.11. The summed E-state index contributed by atoms with van der Waals surface area (Å²) in [5.41, 5.74) is 0.612. The second kappa shape index (κ2) is 6.30.